The second-order valence-electron chi connectivity index (χ2n) is 5.89. The number of benzene rings is 1. The van der Waals surface area contributed by atoms with Crippen molar-refractivity contribution in [3.8, 4) is 0 Å². The molecule has 1 aromatic carbocycles. The van der Waals surface area contributed by atoms with E-state index in [4.69, 9.17) is 0 Å². The van der Waals surface area contributed by atoms with Crippen LogP contribution in [0.1, 0.15) is 26.3 Å². The summed E-state index contributed by atoms with van der Waals surface area (Å²) in [5.41, 5.74) is 1.21. The zero-order valence-electron chi connectivity index (χ0n) is 12.1. The molecule has 0 aliphatic carbocycles. The maximum atomic E-state index is 12.3. The molecule has 0 spiro atoms. The Morgan fingerprint density at radius 2 is 1.95 bits per heavy atom. The number of rotatable bonds is 5. The van der Waals surface area contributed by atoms with Crippen LogP contribution in [-0.4, -0.2) is 30.1 Å². The van der Waals surface area contributed by atoms with Gasteiger partial charge in [0.15, 0.2) is 0 Å². The van der Waals surface area contributed by atoms with E-state index < -0.39 is 0 Å². The molecule has 0 saturated carbocycles. The van der Waals surface area contributed by atoms with Crippen LogP contribution in [0.25, 0.3) is 0 Å². The first-order chi connectivity index (χ1) is 9.08. The van der Waals surface area contributed by atoms with Gasteiger partial charge in [0.25, 0.3) is 0 Å². The molecule has 19 heavy (non-hydrogen) atoms. The van der Waals surface area contributed by atoms with Crippen molar-refractivity contribution in [2.24, 2.45) is 11.8 Å². The molecule has 0 aromatic heterocycles. The highest BCUT2D eigenvalue weighted by Crippen LogP contribution is 2.16. The summed E-state index contributed by atoms with van der Waals surface area (Å²) >= 11 is 0. The normalized spacial score (nSPS) is 21.2. The number of hydrogen-bond donors (Lipinski definition) is 1. The Bertz CT molecular complexity index is 416. The zero-order valence-corrected chi connectivity index (χ0v) is 12.1. The van der Waals surface area contributed by atoms with E-state index in [9.17, 15) is 4.79 Å². The molecule has 1 aromatic rings. The van der Waals surface area contributed by atoms with Gasteiger partial charge in [-0.2, -0.15) is 0 Å². The van der Waals surface area contributed by atoms with E-state index in [0.29, 0.717) is 18.5 Å². The number of carbonyl (C=O) groups is 1. The Balaban J connectivity index is 1.91. The van der Waals surface area contributed by atoms with Gasteiger partial charge in [-0.15, -0.1) is 0 Å². The lowest BCUT2D eigenvalue weighted by atomic mass is 9.97. The van der Waals surface area contributed by atoms with Gasteiger partial charge in [-0.05, 0) is 23.8 Å². The smallest absolute Gasteiger partial charge is 0.241 e. The van der Waals surface area contributed by atoms with Crippen LogP contribution in [0.2, 0.25) is 0 Å². The molecule has 2 atom stereocenters. The third-order valence-corrected chi connectivity index (χ3v) is 4.07. The number of hydrogen-bond acceptors (Lipinski definition) is 2. The SMILES string of the molecule is CC(C)C(C)CN1CNC(Cc2ccccc2)C1=O. The fourth-order valence-electron chi connectivity index (χ4n) is 2.33. The largest absolute Gasteiger partial charge is 0.328 e. The van der Waals surface area contributed by atoms with Gasteiger partial charge < -0.3 is 4.90 Å². The van der Waals surface area contributed by atoms with Gasteiger partial charge in [-0.3, -0.25) is 10.1 Å². The lowest BCUT2D eigenvalue weighted by Gasteiger charge is -2.23. The van der Waals surface area contributed by atoms with Crippen molar-refractivity contribution in [3.05, 3.63) is 35.9 Å². The van der Waals surface area contributed by atoms with E-state index in [2.05, 4.69) is 38.2 Å². The fraction of sp³-hybridized carbons (Fsp3) is 0.562. The van der Waals surface area contributed by atoms with E-state index >= 15 is 0 Å². The Morgan fingerprint density at radius 1 is 1.26 bits per heavy atom. The molecule has 2 unspecified atom stereocenters. The highest BCUT2D eigenvalue weighted by Gasteiger charge is 2.31. The Labute approximate surface area is 116 Å². The first kappa shape index (κ1) is 14.1. The summed E-state index contributed by atoms with van der Waals surface area (Å²) in [4.78, 5) is 14.3. The fourth-order valence-corrected chi connectivity index (χ4v) is 2.33. The third-order valence-electron chi connectivity index (χ3n) is 4.07. The van der Waals surface area contributed by atoms with Crippen molar-refractivity contribution in [3.63, 3.8) is 0 Å². The predicted molar refractivity (Wildman–Crippen MR) is 77.7 cm³/mol. The first-order valence-electron chi connectivity index (χ1n) is 7.14. The highest BCUT2D eigenvalue weighted by atomic mass is 16.2. The number of nitrogens with zero attached hydrogens (tertiary/aromatic N) is 1. The third kappa shape index (κ3) is 3.57. The molecule has 0 radical (unpaired) electrons. The van der Waals surface area contributed by atoms with Crippen molar-refractivity contribution < 1.29 is 4.79 Å². The zero-order chi connectivity index (χ0) is 13.8. The molecule has 1 saturated heterocycles. The van der Waals surface area contributed by atoms with Crippen LogP contribution in [0.4, 0.5) is 0 Å². The summed E-state index contributed by atoms with van der Waals surface area (Å²) in [5, 5.41) is 3.33. The molecule has 104 valence electrons. The van der Waals surface area contributed by atoms with E-state index in [1.54, 1.807) is 0 Å². The maximum absolute atomic E-state index is 12.3. The summed E-state index contributed by atoms with van der Waals surface area (Å²) < 4.78 is 0. The molecule has 1 N–H and O–H groups in total. The van der Waals surface area contributed by atoms with Gasteiger partial charge in [0.1, 0.15) is 0 Å². The lowest BCUT2D eigenvalue weighted by molar-refractivity contribution is -0.129. The Kier molecular flexibility index (Phi) is 4.59. The number of amides is 1. The van der Waals surface area contributed by atoms with E-state index in [1.165, 1.54) is 5.56 Å². The second-order valence-corrected chi connectivity index (χ2v) is 5.89. The summed E-state index contributed by atoms with van der Waals surface area (Å²) in [6.07, 6.45) is 0.784. The minimum atomic E-state index is -0.0539. The predicted octanol–water partition coefficient (Wildman–Crippen LogP) is 2.28. The molecular weight excluding hydrogens is 236 g/mol. The van der Waals surface area contributed by atoms with Gasteiger partial charge >= 0.3 is 0 Å². The number of nitrogens with one attached hydrogen (secondary N) is 1. The van der Waals surface area contributed by atoms with Crippen LogP contribution in [0.3, 0.4) is 0 Å². The van der Waals surface area contributed by atoms with Crippen LogP contribution >= 0.6 is 0 Å². The molecule has 3 nitrogen and oxygen atoms in total. The van der Waals surface area contributed by atoms with Crippen LogP contribution in [0, 0.1) is 11.8 Å². The first-order valence-corrected chi connectivity index (χ1v) is 7.14. The van der Waals surface area contributed by atoms with Gasteiger partial charge in [-0.1, -0.05) is 51.1 Å². The topological polar surface area (TPSA) is 32.3 Å². The lowest BCUT2D eigenvalue weighted by Crippen LogP contribution is -2.35. The van der Waals surface area contributed by atoms with E-state index in [0.717, 1.165) is 13.0 Å². The van der Waals surface area contributed by atoms with Gasteiger partial charge in [0.2, 0.25) is 5.91 Å². The maximum Gasteiger partial charge on any atom is 0.241 e. The minimum absolute atomic E-state index is 0.0539. The van der Waals surface area contributed by atoms with Crippen molar-refractivity contribution in [1.82, 2.24) is 10.2 Å². The Morgan fingerprint density at radius 3 is 2.58 bits per heavy atom. The van der Waals surface area contributed by atoms with Crippen LogP contribution in [0.15, 0.2) is 30.3 Å². The second kappa shape index (κ2) is 6.20. The van der Waals surface area contributed by atoms with Gasteiger partial charge in [-0.25, -0.2) is 0 Å². The van der Waals surface area contributed by atoms with E-state index in [1.807, 2.05) is 23.1 Å². The standard InChI is InChI=1S/C16H24N2O/c1-12(2)13(3)10-18-11-17-15(16(18)19)9-14-7-5-4-6-8-14/h4-8,12-13,15,17H,9-11H2,1-3H3. The molecule has 1 heterocycles. The average Bonchev–Trinajstić information content (AvgIpc) is 2.73. The molecule has 1 amide bonds. The van der Waals surface area contributed by atoms with Crippen LogP contribution in [-0.2, 0) is 11.2 Å². The van der Waals surface area contributed by atoms with Crippen molar-refractivity contribution in [2.75, 3.05) is 13.2 Å². The van der Waals surface area contributed by atoms with Gasteiger partial charge in [0.05, 0.1) is 12.7 Å². The summed E-state index contributed by atoms with van der Waals surface area (Å²) in [7, 11) is 0. The number of carbonyl (C=O) groups excluding carboxylic acids is 1. The summed E-state index contributed by atoms with van der Waals surface area (Å²) in [6, 6.07) is 10.1. The quantitative estimate of drug-likeness (QED) is 0.881. The summed E-state index contributed by atoms with van der Waals surface area (Å²) in [5.74, 6) is 1.40. The monoisotopic (exact) mass is 260 g/mol. The minimum Gasteiger partial charge on any atom is -0.328 e. The van der Waals surface area contributed by atoms with Gasteiger partial charge in [0, 0.05) is 6.54 Å². The average molecular weight is 260 g/mol. The highest BCUT2D eigenvalue weighted by molar-refractivity contribution is 5.84. The molecule has 1 aliphatic rings. The molecule has 2 rings (SSSR count). The molecule has 1 fully saturated rings. The van der Waals surface area contributed by atoms with Crippen LogP contribution in [0.5, 0.6) is 0 Å². The molecular formula is C16H24N2O. The van der Waals surface area contributed by atoms with E-state index in [-0.39, 0.29) is 11.9 Å². The van der Waals surface area contributed by atoms with Crippen LogP contribution < -0.4 is 5.32 Å². The van der Waals surface area contributed by atoms with Crippen molar-refractivity contribution in [2.45, 2.75) is 33.2 Å². The van der Waals surface area contributed by atoms with Crippen molar-refractivity contribution >= 4 is 5.91 Å². The molecule has 1 aliphatic heterocycles. The molecule has 3 heteroatoms. The Hall–Kier alpha value is -1.35. The van der Waals surface area contributed by atoms with Crippen molar-refractivity contribution in [1.29, 1.82) is 0 Å². The molecule has 0 bridgehead atoms. The summed E-state index contributed by atoms with van der Waals surface area (Å²) in [6.45, 7) is 8.17.